The highest BCUT2D eigenvalue weighted by Gasteiger charge is 2.31. The zero-order valence-electron chi connectivity index (χ0n) is 17.5. The van der Waals surface area contributed by atoms with Gasteiger partial charge in [-0.3, -0.25) is 4.79 Å². The highest BCUT2D eigenvalue weighted by atomic mass is 32.2. The molecule has 1 N–H and O–H groups in total. The van der Waals surface area contributed by atoms with E-state index < -0.39 is 33.5 Å². The summed E-state index contributed by atoms with van der Waals surface area (Å²) in [4.78, 5) is 20.3. The van der Waals surface area contributed by atoms with Gasteiger partial charge in [0.25, 0.3) is 5.91 Å². The lowest BCUT2D eigenvalue weighted by Crippen LogP contribution is -2.37. The second-order valence-electron chi connectivity index (χ2n) is 7.49. The molecule has 0 radical (unpaired) electrons. The van der Waals surface area contributed by atoms with Gasteiger partial charge < -0.3 is 14.8 Å². The van der Waals surface area contributed by atoms with E-state index in [1.54, 1.807) is 30.3 Å². The lowest BCUT2D eigenvalue weighted by atomic mass is 10.2. The number of amides is 1. The van der Waals surface area contributed by atoms with Gasteiger partial charge in [0, 0.05) is 24.8 Å². The predicted octanol–water partition coefficient (Wildman–Crippen LogP) is 3.22. The van der Waals surface area contributed by atoms with Crippen molar-refractivity contribution in [2.24, 2.45) is 0 Å². The first-order valence-corrected chi connectivity index (χ1v) is 11.8. The van der Waals surface area contributed by atoms with Gasteiger partial charge >= 0.3 is 5.92 Å². The fraction of sp³-hybridized carbons (Fsp3) is 0.381. The van der Waals surface area contributed by atoms with Crippen molar-refractivity contribution in [1.82, 2.24) is 15.3 Å². The van der Waals surface area contributed by atoms with Crippen LogP contribution in [0.5, 0.6) is 11.6 Å². The number of para-hydroxylation sites is 1. The van der Waals surface area contributed by atoms with Crippen molar-refractivity contribution in [2.45, 2.75) is 37.8 Å². The monoisotopic (exact) mass is 467 g/mol. The fourth-order valence-corrected chi connectivity index (χ4v) is 2.99. The van der Waals surface area contributed by atoms with Gasteiger partial charge in [0.15, 0.2) is 9.84 Å². The normalized spacial score (nSPS) is 15.5. The molecule has 1 saturated carbocycles. The summed E-state index contributed by atoms with van der Waals surface area (Å²) in [5, 5.41) is 3.58. The van der Waals surface area contributed by atoms with Gasteiger partial charge in [-0.2, -0.15) is 13.8 Å². The Morgan fingerprint density at radius 1 is 1.31 bits per heavy atom. The number of benzene rings is 1. The Bertz CT molecular complexity index is 1080. The molecule has 172 valence electrons. The van der Waals surface area contributed by atoms with Crippen LogP contribution in [-0.4, -0.2) is 49.3 Å². The molecule has 0 spiro atoms. The van der Waals surface area contributed by atoms with Gasteiger partial charge in [-0.05, 0) is 31.1 Å². The topological polar surface area (TPSA) is 107 Å². The van der Waals surface area contributed by atoms with E-state index in [4.69, 9.17) is 9.47 Å². The van der Waals surface area contributed by atoms with E-state index in [1.165, 1.54) is 6.08 Å². The second-order valence-corrected chi connectivity index (χ2v) is 9.42. The van der Waals surface area contributed by atoms with Crippen LogP contribution in [0.2, 0.25) is 0 Å². The fourth-order valence-electron chi connectivity index (χ4n) is 2.51. The first-order valence-electron chi connectivity index (χ1n) is 9.80. The number of hydrogen-bond donors (Lipinski definition) is 1. The molecule has 0 saturated heterocycles. The molecule has 0 unspecified atom stereocenters. The van der Waals surface area contributed by atoms with E-state index in [0.29, 0.717) is 6.92 Å². The van der Waals surface area contributed by atoms with Gasteiger partial charge in [0.1, 0.15) is 11.3 Å². The highest BCUT2D eigenvalue weighted by Crippen LogP contribution is 2.29. The average molecular weight is 467 g/mol. The Morgan fingerprint density at radius 2 is 2.00 bits per heavy atom. The first kappa shape index (κ1) is 23.7. The van der Waals surface area contributed by atoms with Crippen LogP contribution < -0.4 is 10.1 Å². The zero-order valence-corrected chi connectivity index (χ0v) is 18.3. The molecule has 1 heterocycles. The predicted molar refractivity (Wildman–Crippen MR) is 112 cm³/mol. The van der Waals surface area contributed by atoms with Crippen molar-refractivity contribution in [3.05, 3.63) is 59.4 Å². The van der Waals surface area contributed by atoms with Gasteiger partial charge in [0.05, 0.1) is 18.8 Å². The SMILES string of the molecule is CC(F)(F)c1ncc(C(=O)N[C@H](/C=C/S(C)(=O)=O)COC2CC2)c(Oc2ccccc2)n1. The maximum atomic E-state index is 13.7. The summed E-state index contributed by atoms with van der Waals surface area (Å²) in [6.07, 6.45) is 5.13. The Morgan fingerprint density at radius 3 is 2.59 bits per heavy atom. The quantitative estimate of drug-likeness (QED) is 0.572. The smallest absolute Gasteiger partial charge is 0.303 e. The number of hydrogen-bond acceptors (Lipinski definition) is 7. The maximum Gasteiger partial charge on any atom is 0.303 e. The average Bonchev–Trinajstić information content (AvgIpc) is 3.54. The summed E-state index contributed by atoms with van der Waals surface area (Å²) in [6.45, 7) is 0.679. The summed E-state index contributed by atoms with van der Waals surface area (Å²) >= 11 is 0. The number of carbonyl (C=O) groups excluding carboxylic acids is 1. The molecular weight excluding hydrogens is 444 g/mol. The number of aromatic nitrogens is 2. The van der Waals surface area contributed by atoms with Crippen LogP contribution >= 0.6 is 0 Å². The lowest BCUT2D eigenvalue weighted by Gasteiger charge is -2.17. The molecule has 1 aromatic carbocycles. The third-order valence-corrected chi connectivity index (χ3v) is 4.91. The van der Waals surface area contributed by atoms with Gasteiger partial charge in [-0.15, -0.1) is 0 Å². The Kier molecular flexibility index (Phi) is 7.19. The van der Waals surface area contributed by atoms with Crippen LogP contribution in [0.3, 0.4) is 0 Å². The lowest BCUT2D eigenvalue weighted by molar-refractivity contribution is 0.00707. The molecule has 0 aliphatic heterocycles. The largest absolute Gasteiger partial charge is 0.438 e. The number of rotatable bonds is 10. The highest BCUT2D eigenvalue weighted by molar-refractivity contribution is 7.93. The van der Waals surface area contributed by atoms with Gasteiger partial charge in [0.2, 0.25) is 11.7 Å². The first-order chi connectivity index (χ1) is 15.0. The van der Waals surface area contributed by atoms with Crippen LogP contribution in [0.1, 0.15) is 35.9 Å². The molecule has 32 heavy (non-hydrogen) atoms. The maximum absolute atomic E-state index is 13.7. The van der Waals surface area contributed by atoms with Crippen LogP contribution in [0.25, 0.3) is 0 Å². The summed E-state index contributed by atoms with van der Waals surface area (Å²) in [7, 11) is -3.43. The van der Waals surface area contributed by atoms with Gasteiger partial charge in [-0.25, -0.2) is 13.4 Å². The number of ether oxygens (including phenoxy) is 2. The molecular formula is C21H23F2N3O5S. The van der Waals surface area contributed by atoms with Gasteiger partial charge in [-0.1, -0.05) is 18.2 Å². The molecule has 1 aliphatic rings. The summed E-state index contributed by atoms with van der Waals surface area (Å²) in [5.74, 6) is -4.94. The van der Waals surface area contributed by atoms with Crippen molar-refractivity contribution >= 4 is 15.7 Å². The molecule has 1 atom stereocenters. The molecule has 1 aromatic heterocycles. The third kappa shape index (κ3) is 7.34. The number of alkyl halides is 2. The minimum absolute atomic E-state index is 0.0449. The van der Waals surface area contributed by atoms with Crippen LogP contribution in [0.15, 0.2) is 48.0 Å². The van der Waals surface area contributed by atoms with Crippen molar-refractivity contribution in [2.75, 3.05) is 12.9 Å². The third-order valence-electron chi connectivity index (χ3n) is 4.26. The molecule has 3 rings (SSSR count). The van der Waals surface area contributed by atoms with Crippen molar-refractivity contribution < 1.29 is 31.5 Å². The Hall–Kier alpha value is -2.92. The van der Waals surface area contributed by atoms with E-state index >= 15 is 0 Å². The summed E-state index contributed by atoms with van der Waals surface area (Å²) in [5.41, 5.74) is -0.189. The van der Waals surface area contributed by atoms with Crippen molar-refractivity contribution in [1.29, 1.82) is 0 Å². The number of carbonyl (C=O) groups is 1. The molecule has 1 amide bonds. The van der Waals surface area contributed by atoms with Crippen molar-refractivity contribution in [3.8, 4) is 11.6 Å². The van der Waals surface area contributed by atoms with Crippen molar-refractivity contribution in [3.63, 3.8) is 0 Å². The van der Waals surface area contributed by atoms with E-state index in [-0.39, 0.29) is 29.9 Å². The van der Waals surface area contributed by atoms with Crippen LogP contribution in [0.4, 0.5) is 8.78 Å². The molecule has 1 fully saturated rings. The minimum atomic E-state index is -3.43. The Balaban J connectivity index is 1.87. The van der Waals surface area contributed by atoms with E-state index in [1.807, 2.05) is 0 Å². The van der Waals surface area contributed by atoms with E-state index in [9.17, 15) is 22.0 Å². The molecule has 2 aromatic rings. The molecule has 11 heteroatoms. The second kappa shape index (κ2) is 9.70. The van der Waals surface area contributed by atoms with E-state index in [0.717, 1.165) is 30.7 Å². The molecule has 8 nitrogen and oxygen atoms in total. The summed E-state index contributed by atoms with van der Waals surface area (Å²) in [6, 6.07) is 7.46. The number of nitrogens with one attached hydrogen (secondary N) is 1. The number of halogens is 2. The van der Waals surface area contributed by atoms with Crippen LogP contribution in [0, 0.1) is 0 Å². The zero-order chi connectivity index (χ0) is 23.4. The minimum Gasteiger partial charge on any atom is -0.438 e. The molecule has 0 bridgehead atoms. The Labute approximate surface area is 184 Å². The molecule has 1 aliphatic carbocycles. The van der Waals surface area contributed by atoms with E-state index in [2.05, 4.69) is 15.3 Å². The van der Waals surface area contributed by atoms with Crippen LogP contribution in [-0.2, 0) is 20.5 Å². The standard InChI is InChI=1S/C21H23F2N3O5S/c1-21(22,23)20-24-12-17(19(26-20)31-16-6-4-3-5-7-16)18(27)25-14(10-11-32(2,28)29)13-30-15-8-9-15/h3-7,10-12,14-15H,8-9,13H2,1-2H3,(H,25,27)/b11-10+/t14-/m1/s1. The summed E-state index contributed by atoms with van der Waals surface area (Å²) < 4.78 is 61.6. The number of nitrogens with zero attached hydrogens (tertiary/aromatic N) is 2. The number of sulfone groups is 1.